The molecule has 49 heavy (non-hydrogen) atoms. The number of ketones is 2. The van der Waals surface area contributed by atoms with Crippen LogP contribution in [0.2, 0.25) is 0 Å². The molecule has 0 unspecified atom stereocenters. The fourth-order valence-electron chi connectivity index (χ4n) is 8.55. The van der Waals surface area contributed by atoms with Crippen LogP contribution >= 0.6 is 0 Å². The van der Waals surface area contributed by atoms with E-state index in [9.17, 15) is 44.7 Å². The first-order chi connectivity index (χ1) is 23.3. The van der Waals surface area contributed by atoms with E-state index in [1.165, 1.54) is 6.08 Å². The fraction of sp³-hybridized carbons (Fsp3) is 0.611. The highest BCUT2D eigenvalue weighted by atomic mass is 16.7. The Morgan fingerprint density at radius 1 is 1.02 bits per heavy atom. The summed E-state index contributed by atoms with van der Waals surface area (Å²) < 4.78 is 23.3. The molecule has 12 atom stereocenters. The molecule has 0 saturated carbocycles. The molecule has 2 aliphatic heterocycles. The molecule has 5 N–H and O–H groups in total. The largest absolute Gasteiger partial charge is 0.461 e. The maximum absolute atomic E-state index is 13.8. The number of rotatable bonds is 8. The summed E-state index contributed by atoms with van der Waals surface area (Å²) in [4.78, 5) is 52.9. The van der Waals surface area contributed by atoms with Gasteiger partial charge in [-0.1, -0.05) is 24.6 Å². The van der Waals surface area contributed by atoms with Gasteiger partial charge in [0.15, 0.2) is 17.9 Å². The SMILES string of the molecule is C=C(C(=O)O[C@H]1CC(C)=C2C(=O)C=C(CO[C@@H]3O[C@H](CO)[C@@H](O)[C@H](O)[C@H]3O)[C@@H]2[C@H]2OC(=O)[C@@H](C)[C@@H]21)[C@@H]1CCC(CO)=C2C(=O)C=C(C)[C@@H]2C1. The van der Waals surface area contributed by atoms with Gasteiger partial charge in [0.05, 0.1) is 25.7 Å². The van der Waals surface area contributed by atoms with Crippen molar-refractivity contribution < 1.29 is 63.7 Å². The first-order valence-electron chi connectivity index (χ1n) is 16.8. The van der Waals surface area contributed by atoms with Gasteiger partial charge < -0.3 is 44.5 Å². The minimum absolute atomic E-state index is 0.111. The van der Waals surface area contributed by atoms with Gasteiger partial charge in [0, 0.05) is 40.9 Å². The second kappa shape index (κ2) is 13.8. The summed E-state index contributed by atoms with van der Waals surface area (Å²) in [6.45, 7) is 8.28. The zero-order valence-electron chi connectivity index (χ0n) is 27.7. The van der Waals surface area contributed by atoms with E-state index in [0.717, 1.165) is 5.57 Å². The molecule has 0 aromatic carbocycles. The molecule has 0 aromatic heterocycles. The number of carbonyl (C=O) groups is 4. The summed E-state index contributed by atoms with van der Waals surface area (Å²) in [5.74, 6) is -4.17. The molecule has 13 heteroatoms. The summed E-state index contributed by atoms with van der Waals surface area (Å²) in [6, 6.07) is 0. The van der Waals surface area contributed by atoms with Crippen molar-refractivity contribution in [3.05, 3.63) is 57.7 Å². The lowest BCUT2D eigenvalue weighted by Gasteiger charge is -2.39. The quantitative estimate of drug-likeness (QED) is 0.175. The van der Waals surface area contributed by atoms with E-state index in [1.54, 1.807) is 19.9 Å². The van der Waals surface area contributed by atoms with Crippen LogP contribution in [-0.4, -0.2) is 112 Å². The Labute approximate surface area is 283 Å². The first-order valence-corrected chi connectivity index (χ1v) is 16.8. The van der Waals surface area contributed by atoms with E-state index in [1.807, 2.05) is 6.92 Å². The molecule has 0 radical (unpaired) electrons. The van der Waals surface area contributed by atoms with Gasteiger partial charge >= 0.3 is 11.9 Å². The summed E-state index contributed by atoms with van der Waals surface area (Å²) in [6.07, 6.45) is -4.65. The van der Waals surface area contributed by atoms with Gasteiger partial charge in [0.2, 0.25) is 0 Å². The van der Waals surface area contributed by atoms with Crippen LogP contribution in [0.3, 0.4) is 0 Å². The van der Waals surface area contributed by atoms with Gasteiger partial charge in [-0.3, -0.25) is 14.4 Å². The molecule has 0 amide bonds. The number of hydrogen-bond acceptors (Lipinski definition) is 13. The molecule has 0 aromatic rings. The number of esters is 2. The van der Waals surface area contributed by atoms with Gasteiger partial charge in [-0.25, -0.2) is 4.79 Å². The van der Waals surface area contributed by atoms with E-state index < -0.39 is 79.2 Å². The normalized spacial score (nSPS) is 39.1. The smallest absolute Gasteiger partial charge is 0.333 e. The number of allylic oxidation sites excluding steroid dienone is 4. The van der Waals surface area contributed by atoms with Crippen molar-refractivity contribution in [1.29, 1.82) is 0 Å². The highest BCUT2D eigenvalue weighted by Crippen LogP contribution is 2.49. The van der Waals surface area contributed by atoms with Gasteiger partial charge in [0.1, 0.15) is 36.6 Å². The topological polar surface area (TPSA) is 206 Å². The van der Waals surface area contributed by atoms with Crippen molar-refractivity contribution in [3.8, 4) is 0 Å². The van der Waals surface area contributed by atoms with Crippen molar-refractivity contribution in [2.45, 2.75) is 89.4 Å². The van der Waals surface area contributed by atoms with Crippen molar-refractivity contribution in [1.82, 2.24) is 0 Å². The van der Waals surface area contributed by atoms with Gasteiger partial charge in [0.25, 0.3) is 0 Å². The molecule has 6 rings (SSSR count). The maximum atomic E-state index is 13.8. The van der Waals surface area contributed by atoms with Crippen LogP contribution in [0.15, 0.2) is 57.7 Å². The van der Waals surface area contributed by atoms with E-state index in [0.29, 0.717) is 47.1 Å². The van der Waals surface area contributed by atoms with Crippen LogP contribution in [0.25, 0.3) is 0 Å². The molecule has 13 nitrogen and oxygen atoms in total. The van der Waals surface area contributed by atoms with Gasteiger partial charge in [-0.2, -0.15) is 0 Å². The summed E-state index contributed by atoms with van der Waals surface area (Å²) in [5, 5.41) is 50.3. The molecular formula is C36H44O13. The number of hydrogen-bond donors (Lipinski definition) is 5. The number of ether oxygens (including phenoxy) is 4. The van der Waals surface area contributed by atoms with Crippen LogP contribution < -0.4 is 0 Å². The lowest BCUT2D eigenvalue weighted by molar-refractivity contribution is -0.299. The van der Waals surface area contributed by atoms with E-state index in [-0.39, 0.29) is 48.6 Å². The fourth-order valence-corrected chi connectivity index (χ4v) is 8.55. The standard InChI is InChI=1S/C36H44O13/c1-14-7-22(39)28-19(11-37)6-5-18(9-21(14)28)16(3)34(44)47-24-8-15(2)26-23(40)10-20(29(26)33-27(24)17(4)35(45)49-33)13-46-36-32(43)31(42)30(41)25(12-38)48-36/h7,10,17-18,21,24-25,27,29-33,36-38,41-43H,3,5-6,8-9,11-13H2,1-2,4H3/t17-,18+,21-,24-,25+,27+,29-,30+,31-,32+,33-,36+/m0/s1. The molecule has 2 heterocycles. The van der Waals surface area contributed by atoms with E-state index >= 15 is 0 Å². The molecule has 266 valence electrons. The predicted molar refractivity (Wildman–Crippen MR) is 169 cm³/mol. The molecule has 2 fully saturated rings. The zero-order valence-corrected chi connectivity index (χ0v) is 27.7. The summed E-state index contributed by atoms with van der Waals surface area (Å²) >= 11 is 0. The van der Waals surface area contributed by atoms with Gasteiger partial charge in [-0.05, 0) is 62.3 Å². The Bertz CT molecular complexity index is 1570. The minimum atomic E-state index is -1.65. The third kappa shape index (κ3) is 6.19. The average Bonchev–Trinajstić information content (AvgIpc) is 3.55. The van der Waals surface area contributed by atoms with Crippen molar-refractivity contribution in [2.24, 2.45) is 29.6 Å². The van der Waals surface area contributed by atoms with E-state index in [4.69, 9.17) is 18.9 Å². The minimum Gasteiger partial charge on any atom is -0.461 e. The average molecular weight is 685 g/mol. The van der Waals surface area contributed by atoms with Crippen molar-refractivity contribution in [3.63, 3.8) is 0 Å². The monoisotopic (exact) mass is 684 g/mol. The van der Waals surface area contributed by atoms with Crippen LogP contribution in [0.1, 0.15) is 46.5 Å². The third-order valence-corrected chi connectivity index (χ3v) is 11.3. The Morgan fingerprint density at radius 2 is 1.73 bits per heavy atom. The molecular weight excluding hydrogens is 640 g/mol. The highest BCUT2D eigenvalue weighted by Gasteiger charge is 2.56. The molecule has 4 aliphatic carbocycles. The maximum Gasteiger partial charge on any atom is 0.333 e. The Kier molecular flexibility index (Phi) is 9.99. The molecule has 6 aliphatic rings. The van der Waals surface area contributed by atoms with E-state index in [2.05, 4.69) is 6.58 Å². The predicted octanol–water partition coefficient (Wildman–Crippen LogP) is 0.528. The Hall–Kier alpha value is -3.30. The number of aliphatic hydroxyl groups excluding tert-OH is 5. The van der Waals surface area contributed by atoms with Crippen molar-refractivity contribution >= 4 is 23.5 Å². The van der Waals surface area contributed by atoms with Crippen LogP contribution in [0.5, 0.6) is 0 Å². The number of aliphatic hydroxyl groups is 5. The molecule has 0 spiro atoms. The second-order valence-corrected chi connectivity index (χ2v) is 14.2. The Morgan fingerprint density at radius 3 is 2.43 bits per heavy atom. The third-order valence-electron chi connectivity index (χ3n) is 11.3. The van der Waals surface area contributed by atoms with Gasteiger partial charge in [-0.15, -0.1) is 0 Å². The molecule has 2 saturated heterocycles. The van der Waals surface area contributed by atoms with Crippen LogP contribution in [0, 0.1) is 29.6 Å². The molecule has 0 bridgehead atoms. The van der Waals surface area contributed by atoms with Crippen LogP contribution in [-0.2, 0) is 38.1 Å². The first kappa shape index (κ1) is 35.5. The highest BCUT2D eigenvalue weighted by molar-refractivity contribution is 6.09. The Balaban J connectivity index is 1.20. The summed E-state index contributed by atoms with van der Waals surface area (Å²) in [7, 11) is 0. The number of fused-ring (bicyclic) bond motifs is 4. The lowest BCUT2D eigenvalue weighted by Crippen LogP contribution is -2.59. The second-order valence-electron chi connectivity index (χ2n) is 14.2. The lowest BCUT2D eigenvalue weighted by atomic mass is 9.79. The zero-order chi connectivity index (χ0) is 35.5. The summed E-state index contributed by atoms with van der Waals surface area (Å²) in [5.41, 5.74) is 3.86. The number of carbonyl (C=O) groups excluding carboxylic acids is 4. The van der Waals surface area contributed by atoms with Crippen LogP contribution in [0.4, 0.5) is 0 Å². The van der Waals surface area contributed by atoms with Crippen molar-refractivity contribution in [2.75, 3.05) is 19.8 Å².